The van der Waals surface area contributed by atoms with Gasteiger partial charge in [-0.3, -0.25) is 0 Å². The van der Waals surface area contributed by atoms with Gasteiger partial charge in [0.2, 0.25) is 0 Å². The van der Waals surface area contributed by atoms with E-state index in [1.165, 1.54) is 0 Å². The highest BCUT2D eigenvalue weighted by Crippen LogP contribution is 2.05. The molecule has 5 nitrogen and oxygen atoms in total. The third kappa shape index (κ3) is 7.27. The summed E-state index contributed by atoms with van der Waals surface area (Å²) in [4.78, 5) is 14.1. The van der Waals surface area contributed by atoms with E-state index in [0.717, 1.165) is 19.3 Å². The van der Waals surface area contributed by atoms with Gasteiger partial charge in [0.05, 0.1) is 0 Å². The first-order valence-electron chi connectivity index (χ1n) is 4.09. The molecule has 0 radical (unpaired) electrons. The van der Waals surface area contributed by atoms with Crippen LogP contribution in [0.15, 0.2) is 0 Å². The fraction of sp³-hybridized carbons (Fsp3) is 1.00. The maximum atomic E-state index is 9.84. The molecule has 5 heteroatoms. The van der Waals surface area contributed by atoms with Crippen molar-refractivity contribution in [1.29, 1.82) is 0 Å². The predicted octanol–water partition coefficient (Wildman–Crippen LogP) is 1.14. The van der Waals surface area contributed by atoms with Crippen LogP contribution in [0.2, 0.25) is 0 Å². The molecule has 0 fully saturated rings. The number of nitrogens with zero attached hydrogens (tertiary/aromatic N) is 1. The van der Waals surface area contributed by atoms with E-state index in [-0.39, 0.29) is 12.7 Å². The quantitative estimate of drug-likeness (QED) is 0.359. The number of hydrogen-bond acceptors (Lipinski definition) is 4. The summed E-state index contributed by atoms with van der Waals surface area (Å²) in [5.41, 5.74) is 0. The highest BCUT2D eigenvalue weighted by atomic mass is 17.0. The molecule has 0 rings (SSSR count). The first-order valence-corrected chi connectivity index (χ1v) is 4.09. The molecule has 72 valence electrons. The molecule has 0 aromatic carbocycles. The van der Waals surface area contributed by atoms with Crippen molar-refractivity contribution in [3.8, 4) is 0 Å². The largest absolute Gasteiger partial charge is 0.396 e. The van der Waals surface area contributed by atoms with Gasteiger partial charge in [-0.25, -0.2) is 0 Å². The average Bonchev–Trinajstić information content (AvgIpc) is 1.97. The van der Waals surface area contributed by atoms with E-state index in [1.807, 2.05) is 0 Å². The molecule has 0 saturated carbocycles. The highest BCUT2D eigenvalue weighted by molar-refractivity contribution is 4.48. The molecule has 0 saturated heterocycles. The Morgan fingerprint density at radius 2 is 2.17 bits per heavy atom. The van der Waals surface area contributed by atoms with Crippen LogP contribution in [0.3, 0.4) is 0 Å². The number of aliphatic hydroxyl groups excluding tert-OH is 1. The van der Waals surface area contributed by atoms with Crippen LogP contribution in [-0.2, 0) is 4.84 Å². The van der Waals surface area contributed by atoms with Gasteiger partial charge in [0.1, 0.15) is 6.10 Å². The Morgan fingerprint density at radius 3 is 2.67 bits per heavy atom. The van der Waals surface area contributed by atoms with Gasteiger partial charge in [-0.2, -0.15) is 0 Å². The Balaban J connectivity index is 3.19. The van der Waals surface area contributed by atoms with Gasteiger partial charge >= 0.3 is 0 Å². The molecule has 1 unspecified atom stereocenters. The molecule has 12 heavy (non-hydrogen) atoms. The SMILES string of the molecule is CC(CCCCCO)O[N+](=O)[O-]. The van der Waals surface area contributed by atoms with Gasteiger partial charge in [-0.15, -0.1) is 10.1 Å². The van der Waals surface area contributed by atoms with Crippen molar-refractivity contribution in [1.82, 2.24) is 0 Å². The first kappa shape index (κ1) is 11.2. The standard InChI is InChI=1S/C7H15NO4/c1-7(12-8(10)11)5-3-2-4-6-9/h7,9H,2-6H2,1H3. The van der Waals surface area contributed by atoms with Gasteiger partial charge in [0.15, 0.2) is 0 Å². The molecule has 0 amide bonds. The summed E-state index contributed by atoms with van der Waals surface area (Å²) in [5.74, 6) is 0. The lowest BCUT2D eigenvalue weighted by molar-refractivity contribution is -0.767. The van der Waals surface area contributed by atoms with E-state index in [4.69, 9.17) is 5.11 Å². The van der Waals surface area contributed by atoms with Gasteiger partial charge in [-0.1, -0.05) is 12.8 Å². The van der Waals surface area contributed by atoms with Gasteiger partial charge in [0, 0.05) is 6.61 Å². The van der Waals surface area contributed by atoms with Gasteiger partial charge < -0.3 is 9.94 Å². The zero-order valence-corrected chi connectivity index (χ0v) is 7.23. The zero-order chi connectivity index (χ0) is 9.40. The van der Waals surface area contributed by atoms with Crippen molar-refractivity contribution < 1.29 is 15.0 Å². The Labute approximate surface area is 71.4 Å². The summed E-state index contributed by atoms with van der Waals surface area (Å²) >= 11 is 0. The molecule has 0 aliphatic heterocycles. The van der Waals surface area contributed by atoms with E-state index < -0.39 is 5.09 Å². The van der Waals surface area contributed by atoms with Crippen molar-refractivity contribution in [3.05, 3.63) is 10.1 Å². The minimum Gasteiger partial charge on any atom is -0.396 e. The van der Waals surface area contributed by atoms with Crippen molar-refractivity contribution >= 4 is 0 Å². The molecule has 0 spiro atoms. The summed E-state index contributed by atoms with van der Waals surface area (Å²) in [6.45, 7) is 1.85. The summed E-state index contributed by atoms with van der Waals surface area (Å²) in [7, 11) is 0. The van der Waals surface area contributed by atoms with E-state index >= 15 is 0 Å². The Kier molecular flexibility index (Phi) is 6.37. The van der Waals surface area contributed by atoms with E-state index in [1.54, 1.807) is 6.92 Å². The molecule has 0 aromatic rings. The minimum absolute atomic E-state index is 0.185. The second kappa shape index (κ2) is 6.84. The monoisotopic (exact) mass is 177 g/mol. The summed E-state index contributed by atoms with van der Waals surface area (Å²) in [5, 5.41) is 17.5. The molecule has 0 aliphatic rings. The predicted molar refractivity (Wildman–Crippen MR) is 43.1 cm³/mol. The normalized spacial score (nSPS) is 12.5. The fourth-order valence-corrected chi connectivity index (χ4v) is 0.920. The Morgan fingerprint density at radius 1 is 1.50 bits per heavy atom. The smallest absolute Gasteiger partial charge is 0.294 e. The second-order valence-corrected chi connectivity index (χ2v) is 2.71. The average molecular weight is 177 g/mol. The van der Waals surface area contributed by atoms with E-state index in [0.29, 0.717) is 6.42 Å². The molecule has 0 heterocycles. The third-order valence-electron chi connectivity index (χ3n) is 1.53. The molecular weight excluding hydrogens is 162 g/mol. The zero-order valence-electron chi connectivity index (χ0n) is 7.23. The summed E-state index contributed by atoms with van der Waals surface area (Å²) < 4.78 is 0. The molecular formula is C7H15NO4. The maximum Gasteiger partial charge on any atom is 0.294 e. The number of unbranched alkanes of at least 4 members (excludes halogenated alkanes) is 2. The lowest BCUT2D eigenvalue weighted by atomic mass is 10.1. The van der Waals surface area contributed by atoms with E-state index in [2.05, 4.69) is 4.84 Å². The molecule has 0 aliphatic carbocycles. The van der Waals surface area contributed by atoms with Crippen molar-refractivity contribution in [2.24, 2.45) is 0 Å². The third-order valence-corrected chi connectivity index (χ3v) is 1.53. The van der Waals surface area contributed by atoms with Crippen LogP contribution in [-0.4, -0.2) is 22.9 Å². The highest BCUT2D eigenvalue weighted by Gasteiger charge is 2.05. The van der Waals surface area contributed by atoms with Crippen LogP contribution in [0.1, 0.15) is 32.6 Å². The number of aliphatic hydroxyl groups is 1. The van der Waals surface area contributed by atoms with Crippen molar-refractivity contribution in [3.63, 3.8) is 0 Å². The van der Waals surface area contributed by atoms with E-state index in [9.17, 15) is 10.1 Å². The van der Waals surface area contributed by atoms with Crippen LogP contribution in [0.5, 0.6) is 0 Å². The van der Waals surface area contributed by atoms with Crippen LogP contribution >= 0.6 is 0 Å². The second-order valence-electron chi connectivity index (χ2n) is 2.71. The Bertz CT molecular complexity index is 129. The molecule has 0 bridgehead atoms. The van der Waals surface area contributed by atoms with Gasteiger partial charge in [-0.05, 0) is 19.8 Å². The molecule has 1 atom stereocenters. The van der Waals surface area contributed by atoms with Crippen molar-refractivity contribution in [2.45, 2.75) is 38.7 Å². The maximum absolute atomic E-state index is 9.84. The van der Waals surface area contributed by atoms with Crippen molar-refractivity contribution in [2.75, 3.05) is 6.61 Å². The summed E-state index contributed by atoms with van der Waals surface area (Å²) in [6.07, 6.45) is 2.84. The summed E-state index contributed by atoms with van der Waals surface area (Å²) in [6, 6.07) is 0. The lowest BCUT2D eigenvalue weighted by Gasteiger charge is -2.07. The Hall–Kier alpha value is -0.840. The van der Waals surface area contributed by atoms with Crippen LogP contribution < -0.4 is 0 Å². The topological polar surface area (TPSA) is 72.6 Å². The fourth-order valence-electron chi connectivity index (χ4n) is 0.920. The lowest BCUT2D eigenvalue weighted by Crippen LogP contribution is -2.12. The van der Waals surface area contributed by atoms with Gasteiger partial charge in [0.25, 0.3) is 5.09 Å². The number of rotatable bonds is 7. The first-order chi connectivity index (χ1) is 5.66. The van der Waals surface area contributed by atoms with Crippen LogP contribution in [0.4, 0.5) is 0 Å². The number of hydrogen-bond donors (Lipinski definition) is 1. The molecule has 1 N–H and O–H groups in total. The van der Waals surface area contributed by atoms with Crippen LogP contribution in [0, 0.1) is 10.1 Å². The van der Waals surface area contributed by atoms with Crippen LogP contribution in [0.25, 0.3) is 0 Å². The molecule has 0 aromatic heterocycles. The minimum atomic E-state index is -0.767.